The number of nitrogens with one attached hydrogen (secondary N) is 1. The zero-order valence-electron chi connectivity index (χ0n) is 15.9. The van der Waals surface area contributed by atoms with Gasteiger partial charge < -0.3 is 9.88 Å². The summed E-state index contributed by atoms with van der Waals surface area (Å²) in [5.74, 6) is 2.54. The van der Waals surface area contributed by atoms with E-state index in [0.717, 1.165) is 63.5 Å². The quantitative estimate of drug-likeness (QED) is 0.828. The van der Waals surface area contributed by atoms with E-state index in [1.165, 1.54) is 24.8 Å². The SMILES string of the molecule is O=C(NCCc1nnc2n1CCN(Cc1ccsc1)CC2)C1CCCCC1. The summed E-state index contributed by atoms with van der Waals surface area (Å²) in [5.41, 5.74) is 1.39. The summed E-state index contributed by atoms with van der Waals surface area (Å²) in [6.45, 7) is 4.63. The molecule has 0 unspecified atom stereocenters. The van der Waals surface area contributed by atoms with E-state index in [-0.39, 0.29) is 11.8 Å². The largest absolute Gasteiger partial charge is 0.355 e. The number of thiophene rings is 1. The molecule has 7 heteroatoms. The van der Waals surface area contributed by atoms with Gasteiger partial charge in [0.1, 0.15) is 11.6 Å². The van der Waals surface area contributed by atoms with Crippen molar-refractivity contribution in [1.29, 1.82) is 0 Å². The van der Waals surface area contributed by atoms with E-state index >= 15 is 0 Å². The number of fused-ring (bicyclic) bond motifs is 1. The fraction of sp³-hybridized carbons (Fsp3) is 0.650. The molecule has 1 aliphatic carbocycles. The third-order valence-corrected chi connectivity index (χ3v) is 6.54. The number of amides is 1. The van der Waals surface area contributed by atoms with Crippen molar-refractivity contribution in [3.63, 3.8) is 0 Å². The van der Waals surface area contributed by atoms with Gasteiger partial charge in [-0.25, -0.2) is 0 Å². The highest BCUT2D eigenvalue weighted by atomic mass is 32.1. The van der Waals surface area contributed by atoms with E-state index in [1.54, 1.807) is 11.3 Å². The Balaban J connectivity index is 1.27. The number of nitrogens with zero attached hydrogens (tertiary/aromatic N) is 4. The molecule has 0 radical (unpaired) electrons. The van der Waals surface area contributed by atoms with E-state index in [9.17, 15) is 4.79 Å². The van der Waals surface area contributed by atoms with Gasteiger partial charge in [0.25, 0.3) is 0 Å². The molecule has 2 aromatic rings. The van der Waals surface area contributed by atoms with Crippen LogP contribution in [-0.4, -0.2) is 45.2 Å². The van der Waals surface area contributed by atoms with Crippen LogP contribution < -0.4 is 5.32 Å². The molecule has 3 heterocycles. The highest BCUT2D eigenvalue weighted by Gasteiger charge is 2.22. The summed E-state index contributed by atoms with van der Waals surface area (Å²) in [6.07, 6.45) is 7.45. The van der Waals surface area contributed by atoms with Crippen LogP contribution in [0.4, 0.5) is 0 Å². The van der Waals surface area contributed by atoms with Crippen LogP contribution in [0.2, 0.25) is 0 Å². The van der Waals surface area contributed by atoms with Crippen LogP contribution in [0.25, 0.3) is 0 Å². The van der Waals surface area contributed by atoms with Crippen molar-refractivity contribution < 1.29 is 4.79 Å². The molecule has 4 rings (SSSR count). The van der Waals surface area contributed by atoms with Crippen molar-refractivity contribution in [3.05, 3.63) is 34.0 Å². The van der Waals surface area contributed by atoms with Gasteiger partial charge in [-0.1, -0.05) is 19.3 Å². The molecular weight excluding hydrogens is 358 g/mol. The molecule has 6 nitrogen and oxygen atoms in total. The molecule has 27 heavy (non-hydrogen) atoms. The van der Waals surface area contributed by atoms with Crippen LogP contribution in [0.3, 0.4) is 0 Å². The zero-order valence-corrected chi connectivity index (χ0v) is 16.7. The topological polar surface area (TPSA) is 63.1 Å². The van der Waals surface area contributed by atoms with Gasteiger partial charge >= 0.3 is 0 Å². The Morgan fingerprint density at radius 2 is 2.07 bits per heavy atom. The van der Waals surface area contributed by atoms with Crippen LogP contribution in [0.5, 0.6) is 0 Å². The van der Waals surface area contributed by atoms with Crippen molar-refractivity contribution in [1.82, 2.24) is 25.0 Å². The normalized spacial score (nSPS) is 18.8. The molecule has 0 spiro atoms. The first-order valence-electron chi connectivity index (χ1n) is 10.2. The minimum absolute atomic E-state index is 0.222. The molecule has 2 aromatic heterocycles. The van der Waals surface area contributed by atoms with Crippen LogP contribution in [-0.2, 0) is 30.7 Å². The Morgan fingerprint density at radius 1 is 1.19 bits per heavy atom. The van der Waals surface area contributed by atoms with Gasteiger partial charge in [-0.05, 0) is 35.2 Å². The Morgan fingerprint density at radius 3 is 2.89 bits per heavy atom. The molecule has 0 aromatic carbocycles. The second kappa shape index (κ2) is 8.97. The summed E-state index contributed by atoms with van der Waals surface area (Å²) in [7, 11) is 0. The third-order valence-electron chi connectivity index (χ3n) is 5.81. The molecule has 1 aliphatic heterocycles. The smallest absolute Gasteiger partial charge is 0.223 e. The van der Waals surface area contributed by atoms with Gasteiger partial charge in [0.15, 0.2) is 0 Å². The average molecular weight is 388 g/mol. The minimum atomic E-state index is 0.222. The van der Waals surface area contributed by atoms with Crippen LogP contribution in [0.15, 0.2) is 16.8 Å². The lowest BCUT2D eigenvalue weighted by atomic mass is 9.89. The van der Waals surface area contributed by atoms with Gasteiger partial charge in [-0.15, -0.1) is 10.2 Å². The third kappa shape index (κ3) is 4.76. The Kier molecular flexibility index (Phi) is 6.19. The molecule has 1 N–H and O–H groups in total. The number of rotatable bonds is 6. The van der Waals surface area contributed by atoms with Crippen molar-refractivity contribution in [2.45, 2.75) is 58.0 Å². The average Bonchev–Trinajstić information content (AvgIpc) is 3.30. The van der Waals surface area contributed by atoms with Crippen molar-refractivity contribution >= 4 is 17.2 Å². The number of aromatic nitrogens is 3. The predicted molar refractivity (Wildman–Crippen MR) is 107 cm³/mol. The maximum Gasteiger partial charge on any atom is 0.223 e. The Hall–Kier alpha value is -1.73. The highest BCUT2D eigenvalue weighted by Crippen LogP contribution is 2.23. The van der Waals surface area contributed by atoms with Crippen LogP contribution >= 0.6 is 11.3 Å². The summed E-state index contributed by atoms with van der Waals surface area (Å²) < 4.78 is 2.26. The van der Waals surface area contributed by atoms with E-state index < -0.39 is 0 Å². The number of hydrogen-bond donors (Lipinski definition) is 1. The first-order valence-corrected chi connectivity index (χ1v) is 11.2. The number of carbonyl (C=O) groups is 1. The molecule has 1 saturated carbocycles. The summed E-state index contributed by atoms with van der Waals surface area (Å²) in [6, 6.07) is 2.20. The molecule has 0 bridgehead atoms. The molecule has 1 amide bonds. The van der Waals surface area contributed by atoms with E-state index in [2.05, 4.69) is 41.8 Å². The first-order chi connectivity index (χ1) is 13.3. The number of carbonyl (C=O) groups excluding carboxylic acids is 1. The molecule has 0 atom stereocenters. The van der Waals surface area contributed by atoms with Gasteiger partial charge in [0, 0.05) is 51.5 Å². The monoisotopic (exact) mass is 387 g/mol. The summed E-state index contributed by atoms with van der Waals surface area (Å²) >= 11 is 1.76. The molecule has 0 saturated heterocycles. The molecule has 2 aliphatic rings. The lowest BCUT2D eigenvalue weighted by Gasteiger charge is -2.20. The highest BCUT2D eigenvalue weighted by molar-refractivity contribution is 7.07. The first kappa shape index (κ1) is 18.6. The summed E-state index contributed by atoms with van der Waals surface area (Å²) in [4.78, 5) is 14.8. The second-order valence-corrected chi connectivity index (χ2v) is 8.50. The van der Waals surface area contributed by atoms with Crippen LogP contribution in [0.1, 0.15) is 49.3 Å². The fourth-order valence-electron chi connectivity index (χ4n) is 4.22. The van der Waals surface area contributed by atoms with Gasteiger partial charge in [-0.2, -0.15) is 11.3 Å². The van der Waals surface area contributed by atoms with Gasteiger partial charge in [0.2, 0.25) is 5.91 Å². The maximum atomic E-state index is 12.3. The standard InChI is InChI=1S/C20H29N5OS/c26-20(17-4-2-1-3-5-17)21-9-6-18-22-23-19-7-10-24(11-12-25(18)19)14-16-8-13-27-15-16/h8,13,15,17H,1-7,9-12,14H2,(H,21,26). The predicted octanol–water partition coefficient (Wildman–Crippen LogP) is 2.64. The van der Waals surface area contributed by atoms with Crippen molar-refractivity contribution in [3.8, 4) is 0 Å². The van der Waals surface area contributed by atoms with Crippen LogP contribution in [0, 0.1) is 5.92 Å². The lowest BCUT2D eigenvalue weighted by molar-refractivity contribution is -0.125. The van der Waals surface area contributed by atoms with Crippen molar-refractivity contribution in [2.24, 2.45) is 5.92 Å². The summed E-state index contributed by atoms with van der Waals surface area (Å²) in [5, 5.41) is 16.3. The number of hydrogen-bond acceptors (Lipinski definition) is 5. The van der Waals surface area contributed by atoms with E-state index in [1.807, 2.05) is 0 Å². The fourth-order valence-corrected chi connectivity index (χ4v) is 4.88. The Bertz CT molecular complexity index is 736. The lowest BCUT2D eigenvalue weighted by Crippen LogP contribution is -2.33. The Labute approximate surface area is 165 Å². The van der Waals surface area contributed by atoms with Gasteiger partial charge in [-0.3, -0.25) is 9.69 Å². The zero-order chi connectivity index (χ0) is 18.5. The minimum Gasteiger partial charge on any atom is -0.355 e. The molecule has 146 valence electrons. The maximum absolute atomic E-state index is 12.3. The molecular formula is C20H29N5OS. The van der Waals surface area contributed by atoms with Gasteiger partial charge in [0.05, 0.1) is 0 Å². The van der Waals surface area contributed by atoms with Crippen molar-refractivity contribution in [2.75, 3.05) is 19.6 Å². The molecule has 1 fully saturated rings. The second-order valence-electron chi connectivity index (χ2n) is 7.72. The van der Waals surface area contributed by atoms with E-state index in [4.69, 9.17) is 0 Å². The van der Waals surface area contributed by atoms with E-state index in [0.29, 0.717) is 6.54 Å².